The van der Waals surface area contributed by atoms with E-state index in [1.807, 2.05) is 20.8 Å². The van der Waals surface area contributed by atoms with Gasteiger partial charge in [-0.2, -0.15) is 0 Å². The van der Waals surface area contributed by atoms with Gasteiger partial charge in [-0.1, -0.05) is 19.3 Å². The van der Waals surface area contributed by atoms with Crippen LogP contribution >= 0.6 is 0 Å². The molecule has 0 aromatic carbocycles. The van der Waals surface area contributed by atoms with Gasteiger partial charge in [0.15, 0.2) is 0 Å². The van der Waals surface area contributed by atoms with E-state index in [4.69, 9.17) is 4.74 Å². The minimum absolute atomic E-state index is 0.326. The van der Waals surface area contributed by atoms with Crippen molar-refractivity contribution in [2.75, 3.05) is 19.6 Å². The van der Waals surface area contributed by atoms with Crippen LogP contribution in [0, 0.1) is 5.92 Å². The van der Waals surface area contributed by atoms with Gasteiger partial charge in [0.2, 0.25) is 0 Å². The molecule has 0 aromatic heterocycles. The summed E-state index contributed by atoms with van der Waals surface area (Å²) < 4.78 is 5.26. The van der Waals surface area contributed by atoms with Crippen LogP contribution in [0.15, 0.2) is 0 Å². The largest absolute Gasteiger partial charge is 0.444 e. The third-order valence-corrected chi connectivity index (χ3v) is 4.88. The van der Waals surface area contributed by atoms with Gasteiger partial charge in [0.1, 0.15) is 5.60 Å². The standard InChI is InChI=1S/C18H35N3O2/c1-18(2,3)23-17(22)21-13-12-20-16-9-5-4-8-14(16)15-10-6-7-11-19-15/h14-16,19-20H,4-13H2,1-3H3,(H,21,22). The molecule has 0 spiro atoms. The molecule has 3 N–H and O–H groups in total. The summed E-state index contributed by atoms with van der Waals surface area (Å²) in [5.74, 6) is 0.741. The minimum atomic E-state index is -0.432. The molecule has 3 unspecified atom stereocenters. The van der Waals surface area contributed by atoms with Gasteiger partial charge in [-0.05, 0) is 58.9 Å². The molecule has 0 radical (unpaired) electrons. The van der Waals surface area contributed by atoms with Crippen LogP contribution in [-0.4, -0.2) is 43.4 Å². The fraction of sp³-hybridized carbons (Fsp3) is 0.944. The van der Waals surface area contributed by atoms with Gasteiger partial charge in [0.05, 0.1) is 0 Å². The molecule has 0 bridgehead atoms. The van der Waals surface area contributed by atoms with E-state index in [1.54, 1.807) is 0 Å². The van der Waals surface area contributed by atoms with Crippen LogP contribution in [-0.2, 0) is 4.74 Å². The topological polar surface area (TPSA) is 62.4 Å². The van der Waals surface area contributed by atoms with Crippen LogP contribution in [0.3, 0.4) is 0 Å². The molecule has 5 heteroatoms. The second-order valence-electron chi connectivity index (χ2n) is 7.99. The lowest BCUT2D eigenvalue weighted by Gasteiger charge is -2.40. The number of amides is 1. The van der Waals surface area contributed by atoms with Crippen LogP contribution in [0.4, 0.5) is 4.79 Å². The highest BCUT2D eigenvalue weighted by Gasteiger charge is 2.32. The molecule has 2 rings (SSSR count). The normalized spacial score (nSPS) is 29.1. The molecule has 0 aromatic rings. The molecular weight excluding hydrogens is 290 g/mol. The summed E-state index contributed by atoms with van der Waals surface area (Å²) in [6, 6.07) is 1.26. The number of piperidine rings is 1. The van der Waals surface area contributed by atoms with Gasteiger partial charge in [-0.25, -0.2) is 4.79 Å². The monoisotopic (exact) mass is 325 g/mol. The van der Waals surface area contributed by atoms with Crippen LogP contribution in [0.25, 0.3) is 0 Å². The van der Waals surface area contributed by atoms with Gasteiger partial charge < -0.3 is 20.7 Å². The van der Waals surface area contributed by atoms with E-state index in [1.165, 1.54) is 51.5 Å². The summed E-state index contributed by atoms with van der Waals surface area (Å²) in [7, 11) is 0. The Labute approximate surface area is 141 Å². The average Bonchev–Trinajstić information content (AvgIpc) is 2.51. The molecule has 1 aliphatic carbocycles. The van der Waals surface area contributed by atoms with Crippen molar-refractivity contribution in [3.63, 3.8) is 0 Å². The molecule has 3 atom stereocenters. The van der Waals surface area contributed by atoms with Crippen LogP contribution < -0.4 is 16.0 Å². The van der Waals surface area contributed by atoms with Gasteiger partial charge in [-0.15, -0.1) is 0 Å². The SMILES string of the molecule is CC(C)(C)OC(=O)NCCNC1CCCCC1C1CCCCN1. The highest BCUT2D eigenvalue weighted by Crippen LogP contribution is 2.30. The highest BCUT2D eigenvalue weighted by molar-refractivity contribution is 5.67. The number of alkyl carbamates (subject to hydrolysis) is 1. The van der Waals surface area contributed by atoms with E-state index in [-0.39, 0.29) is 6.09 Å². The number of nitrogens with one attached hydrogen (secondary N) is 3. The summed E-state index contributed by atoms with van der Waals surface area (Å²) in [4.78, 5) is 11.7. The number of carbonyl (C=O) groups excluding carboxylic acids is 1. The third-order valence-electron chi connectivity index (χ3n) is 4.88. The quantitative estimate of drug-likeness (QED) is 0.680. The van der Waals surface area contributed by atoms with E-state index in [2.05, 4.69) is 16.0 Å². The van der Waals surface area contributed by atoms with Crippen molar-refractivity contribution in [3.8, 4) is 0 Å². The fourth-order valence-corrected chi connectivity index (χ4v) is 3.88. The molecule has 1 saturated heterocycles. The van der Waals surface area contributed by atoms with Crippen LogP contribution in [0.1, 0.15) is 65.7 Å². The zero-order chi connectivity index (χ0) is 16.7. The molecule has 23 heavy (non-hydrogen) atoms. The molecule has 134 valence electrons. The van der Waals surface area contributed by atoms with Crippen molar-refractivity contribution >= 4 is 6.09 Å². The molecule has 1 heterocycles. The summed E-state index contributed by atoms with van der Waals surface area (Å²) >= 11 is 0. The summed E-state index contributed by atoms with van der Waals surface area (Å²) in [5, 5.41) is 10.2. The number of rotatable bonds is 5. The van der Waals surface area contributed by atoms with Crippen molar-refractivity contribution in [1.82, 2.24) is 16.0 Å². The Morgan fingerprint density at radius 3 is 2.52 bits per heavy atom. The first kappa shape index (κ1) is 18.5. The molecular formula is C18H35N3O2. The lowest BCUT2D eigenvalue weighted by Crippen LogP contribution is -2.51. The molecule has 1 aliphatic heterocycles. The van der Waals surface area contributed by atoms with Crippen molar-refractivity contribution in [2.45, 2.75) is 83.4 Å². The average molecular weight is 325 g/mol. The molecule has 2 aliphatic rings. The Morgan fingerprint density at radius 1 is 1.09 bits per heavy atom. The van der Waals surface area contributed by atoms with Crippen LogP contribution in [0.2, 0.25) is 0 Å². The number of hydrogen-bond donors (Lipinski definition) is 3. The van der Waals surface area contributed by atoms with E-state index in [0.29, 0.717) is 18.6 Å². The second kappa shape index (κ2) is 8.88. The maximum Gasteiger partial charge on any atom is 0.407 e. The predicted octanol–water partition coefficient (Wildman–Crippen LogP) is 2.80. The number of hydrogen-bond acceptors (Lipinski definition) is 4. The van der Waals surface area contributed by atoms with Gasteiger partial charge in [-0.3, -0.25) is 0 Å². The summed E-state index contributed by atoms with van der Waals surface area (Å²) in [6.07, 6.45) is 8.94. The van der Waals surface area contributed by atoms with E-state index in [0.717, 1.165) is 12.5 Å². The van der Waals surface area contributed by atoms with E-state index >= 15 is 0 Å². The Hall–Kier alpha value is -0.810. The van der Waals surface area contributed by atoms with E-state index < -0.39 is 5.60 Å². The Balaban J connectivity index is 1.69. The zero-order valence-electron chi connectivity index (χ0n) is 15.1. The van der Waals surface area contributed by atoms with Crippen molar-refractivity contribution < 1.29 is 9.53 Å². The second-order valence-corrected chi connectivity index (χ2v) is 7.99. The summed E-state index contributed by atoms with van der Waals surface area (Å²) in [5.41, 5.74) is -0.432. The number of carbonyl (C=O) groups is 1. The maximum absolute atomic E-state index is 11.7. The fourth-order valence-electron chi connectivity index (χ4n) is 3.88. The number of ether oxygens (including phenoxy) is 1. The van der Waals surface area contributed by atoms with Gasteiger partial charge in [0.25, 0.3) is 0 Å². The van der Waals surface area contributed by atoms with E-state index in [9.17, 15) is 4.79 Å². The summed E-state index contributed by atoms with van der Waals surface area (Å²) in [6.45, 7) is 8.26. The Morgan fingerprint density at radius 2 is 1.83 bits per heavy atom. The Kier molecular flexibility index (Phi) is 7.15. The zero-order valence-corrected chi connectivity index (χ0v) is 15.1. The predicted molar refractivity (Wildman–Crippen MR) is 93.6 cm³/mol. The maximum atomic E-state index is 11.7. The smallest absolute Gasteiger partial charge is 0.407 e. The van der Waals surface area contributed by atoms with Crippen molar-refractivity contribution in [3.05, 3.63) is 0 Å². The first-order chi connectivity index (χ1) is 11.0. The minimum Gasteiger partial charge on any atom is -0.444 e. The first-order valence-electron chi connectivity index (χ1n) is 9.39. The van der Waals surface area contributed by atoms with Crippen molar-refractivity contribution in [1.29, 1.82) is 0 Å². The molecule has 1 saturated carbocycles. The lowest BCUT2D eigenvalue weighted by molar-refractivity contribution is 0.0527. The van der Waals surface area contributed by atoms with Gasteiger partial charge >= 0.3 is 6.09 Å². The molecule has 1 amide bonds. The third kappa shape index (κ3) is 6.68. The first-order valence-corrected chi connectivity index (χ1v) is 9.39. The highest BCUT2D eigenvalue weighted by atomic mass is 16.6. The lowest BCUT2D eigenvalue weighted by atomic mass is 9.77. The molecule has 2 fully saturated rings. The molecule has 5 nitrogen and oxygen atoms in total. The van der Waals surface area contributed by atoms with Gasteiger partial charge in [0, 0.05) is 25.2 Å². The van der Waals surface area contributed by atoms with Crippen molar-refractivity contribution in [2.24, 2.45) is 5.92 Å². The Bertz CT molecular complexity index is 362. The van der Waals surface area contributed by atoms with Crippen LogP contribution in [0.5, 0.6) is 0 Å².